The molecule has 1 atom stereocenters. The lowest BCUT2D eigenvalue weighted by atomic mass is 9.70. The Morgan fingerprint density at radius 3 is 2.29 bits per heavy atom. The fourth-order valence-electron chi connectivity index (χ4n) is 2.87. The van der Waals surface area contributed by atoms with Gasteiger partial charge in [-0.25, -0.2) is 0 Å². The Morgan fingerprint density at radius 2 is 1.88 bits per heavy atom. The third-order valence-electron chi connectivity index (χ3n) is 4.13. The van der Waals surface area contributed by atoms with E-state index >= 15 is 0 Å². The van der Waals surface area contributed by atoms with Crippen LogP contribution in [0.5, 0.6) is 0 Å². The number of hydrogen-bond donors (Lipinski definition) is 2. The highest BCUT2D eigenvalue weighted by atomic mass is 16.5. The van der Waals surface area contributed by atoms with Crippen LogP contribution in [-0.4, -0.2) is 31.0 Å². The van der Waals surface area contributed by atoms with Crippen LogP contribution in [0.4, 0.5) is 0 Å². The van der Waals surface area contributed by atoms with Crippen molar-refractivity contribution in [3.63, 3.8) is 0 Å². The maximum Gasteiger partial charge on any atom is 0.0926 e. The summed E-state index contributed by atoms with van der Waals surface area (Å²) in [5.74, 6) is 0. The fourth-order valence-corrected chi connectivity index (χ4v) is 2.87. The second-order valence-electron chi connectivity index (χ2n) is 5.31. The largest absolute Gasteiger partial charge is 0.387 e. The molecule has 2 rings (SSSR count). The zero-order chi connectivity index (χ0) is 12.5. The smallest absolute Gasteiger partial charge is 0.0926 e. The van der Waals surface area contributed by atoms with Gasteiger partial charge in [-0.3, -0.25) is 0 Å². The van der Waals surface area contributed by atoms with Crippen molar-refractivity contribution in [2.24, 2.45) is 11.1 Å². The first-order valence-corrected chi connectivity index (χ1v) is 6.03. The van der Waals surface area contributed by atoms with Crippen LogP contribution in [-0.2, 0) is 17.6 Å². The molecule has 0 heterocycles. The van der Waals surface area contributed by atoms with Crippen molar-refractivity contribution < 1.29 is 9.84 Å². The predicted octanol–water partition coefficient (Wildman–Crippen LogP) is 1.13. The van der Waals surface area contributed by atoms with E-state index in [9.17, 15) is 5.11 Å². The van der Waals surface area contributed by atoms with Crippen molar-refractivity contribution in [1.29, 1.82) is 0 Å². The molecule has 1 aliphatic rings. The zero-order valence-corrected chi connectivity index (χ0v) is 10.6. The number of hydrogen-bond acceptors (Lipinski definition) is 3. The number of benzene rings is 1. The van der Waals surface area contributed by atoms with E-state index < -0.39 is 5.60 Å². The summed E-state index contributed by atoms with van der Waals surface area (Å²) in [6, 6.07) is 8.32. The molecule has 0 bridgehead atoms. The second kappa shape index (κ2) is 4.41. The first kappa shape index (κ1) is 12.6. The Kier molecular flexibility index (Phi) is 3.25. The number of rotatable bonds is 4. The van der Waals surface area contributed by atoms with Gasteiger partial charge in [0.05, 0.1) is 12.2 Å². The lowest BCUT2D eigenvalue weighted by Gasteiger charge is -2.41. The lowest BCUT2D eigenvalue weighted by molar-refractivity contribution is -0.105. The van der Waals surface area contributed by atoms with Crippen molar-refractivity contribution in [2.75, 3.05) is 20.3 Å². The molecule has 0 spiro atoms. The standard InChI is InChI=1S/C14H21NO2/c1-13(16,10-17-2)14(9-15)7-11-5-3-4-6-12(11)8-14/h3-6,16H,7-10,15H2,1-2H3. The zero-order valence-electron chi connectivity index (χ0n) is 10.6. The van der Waals surface area contributed by atoms with Crippen LogP contribution >= 0.6 is 0 Å². The minimum absolute atomic E-state index is 0.299. The molecule has 17 heavy (non-hydrogen) atoms. The van der Waals surface area contributed by atoms with E-state index in [-0.39, 0.29) is 5.41 Å². The molecule has 0 saturated carbocycles. The van der Waals surface area contributed by atoms with Crippen LogP contribution in [0.3, 0.4) is 0 Å². The van der Waals surface area contributed by atoms with E-state index in [1.807, 2.05) is 19.1 Å². The third kappa shape index (κ3) is 1.99. The molecule has 3 heteroatoms. The van der Waals surface area contributed by atoms with Crippen molar-refractivity contribution in [2.45, 2.75) is 25.4 Å². The molecule has 94 valence electrons. The van der Waals surface area contributed by atoms with Crippen LogP contribution < -0.4 is 5.73 Å². The first-order chi connectivity index (χ1) is 8.04. The van der Waals surface area contributed by atoms with Crippen molar-refractivity contribution in [3.8, 4) is 0 Å². The molecular formula is C14H21NO2. The van der Waals surface area contributed by atoms with E-state index in [0.29, 0.717) is 13.2 Å². The highest BCUT2D eigenvalue weighted by molar-refractivity contribution is 5.36. The predicted molar refractivity (Wildman–Crippen MR) is 67.8 cm³/mol. The molecule has 0 radical (unpaired) electrons. The maximum atomic E-state index is 10.6. The molecule has 0 aromatic heterocycles. The molecule has 0 saturated heterocycles. The van der Waals surface area contributed by atoms with Gasteiger partial charge in [0, 0.05) is 19.1 Å². The average Bonchev–Trinajstić information content (AvgIpc) is 2.69. The van der Waals surface area contributed by atoms with Crippen molar-refractivity contribution >= 4 is 0 Å². The molecular weight excluding hydrogens is 214 g/mol. The number of fused-ring (bicyclic) bond motifs is 1. The number of methoxy groups -OCH3 is 1. The summed E-state index contributed by atoms with van der Waals surface area (Å²) >= 11 is 0. The molecule has 1 unspecified atom stereocenters. The molecule has 1 aliphatic carbocycles. The Balaban J connectivity index is 2.32. The van der Waals surface area contributed by atoms with E-state index in [4.69, 9.17) is 10.5 Å². The Morgan fingerprint density at radius 1 is 1.35 bits per heavy atom. The average molecular weight is 235 g/mol. The summed E-state index contributed by atoms with van der Waals surface area (Å²) in [7, 11) is 1.61. The topological polar surface area (TPSA) is 55.5 Å². The number of nitrogens with two attached hydrogens (primary N) is 1. The molecule has 3 N–H and O–H groups in total. The quantitative estimate of drug-likeness (QED) is 0.822. The maximum absolute atomic E-state index is 10.6. The summed E-state index contributed by atoms with van der Waals surface area (Å²) in [5, 5.41) is 10.6. The van der Waals surface area contributed by atoms with Gasteiger partial charge in [0.25, 0.3) is 0 Å². The fraction of sp³-hybridized carbons (Fsp3) is 0.571. The van der Waals surface area contributed by atoms with Gasteiger partial charge in [-0.2, -0.15) is 0 Å². The normalized spacial score (nSPS) is 20.9. The molecule has 0 amide bonds. The third-order valence-corrected chi connectivity index (χ3v) is 4.13. The monoisotopic (exact) mass is 235 g/mol. The highest BCUT2D eigenvalue weighted by Crippen LogP contribution is 2.44. The van der Waals surface area contributed by atoms with E-state index in [2.05, 4.69) is 12.1 Å². The summed E-state index contributed by atoms with van der Waals surface area (Å²) in [6.45, 7) is 2.62. The first-order valence-electron chi connectivity index (χ1n) is 6.03. The second-order valence-corrected chi connectivity index (χ2v) is 5.31. The summed E-state index contributed by atoms with van der Waals surface area (Å²) in [5.41, 5.74) is 7.36. The van der Waals surface area contributed by atoms with Gasteiger partial charge in [-0.15, -0.1) is 0 Å². The minimum Gasteiger partial charge on any atom is -0.387 e. The molecule has 3 nitrogen and oxygen atoms in total. The van der Waals surface area contributed by atoms with Crippen LogP contribution in [0, 0.1) is 5.41 Å². The Labute approximate surface area is 103 Å². The van der Waals surface area contributed by atoms with E-state index in [0.717, 1.165) is 12.8 Å². The Hall–Kier alpha value is -0.900. The van der Waals surface area contributed by atoms with Gasteiger partial charge in [-0.05, 0) is 30.9 Å². The SMILES string of the molecule is COCC(C)(O)C1(CN)Cc2ccccc2C1. The van der Waals surface area contributed by atoms with E-state index in [1.165, 1.54) is 11.1 Å². The number of aliphatic hydroxyl groups is 1. The summed E-state index contributed by atoms with van der Waals surface area (Å²) in [6.07, 6.45) is 1.66. The van der Waals surface area contributed by atoms with Crippen LogP contribution in [0.25, 0.3) is 0 Å². The molecule has 0 aliphatic heterocycles. The van der Waals surface area contributed by atoms with Crippen LogP contribution in [0.15, 0.2) is 24.3 Å². The highest BCUT2D eigenvalue weighted by Gasteiger charge is 2.49. The van der Waals surface area contributed by atoms with Crippen molar-refractivity contribution in [3.05, 3.63) is 35.4 Å². The van der Waals surface area contributed by atoms with Gasteiger partial charge >= 0.3 is 0 Å². The number of ether oxygens (including phenoxy) is 1. The molecule has 1 aromatic rings. The van der Waals surface area contributed by atoms with Gasteiger partial charge < -0.3 is 15.6 Å². The minimum atomic E-state index is -0.893. The van der Waals surface area contributed by atoms with Gasteiger partial charge in [0.15, 0.2) is 0 Å². The lowest BCUT2D eigenvalue weighted by Crippen LogP contribution is -2.54. The van der Waals surface area contributed by atoms with Gasteiger partial charge in [0.2, 0.25) is 0 Å². The van der Waals surface area contributed by atoms with Crippen LogP contribution in [0.2, 0.25) is 0 Å². The van der Waals surface area contributed by atoms with Gasteiger partial charge in [0.1, 0.15) is 0 Å². The van der Waals surface area contributed by atoms with Gasteiger partial charge in [-0.1, -0.05) is 24.3 Å². The molecule has 0 fully saturated rings. The van der Waals surface area contributed by atoms with Crippen LogP contribution in [0.1, 0.15) is 18.1 Å². The molecule has 1 aromatic carbocycles. The summed E-state index contributed by atoms with van der Waals surface area (Å²) in [4.78, 5) is 0. The summed E-state index contributed by atoms with van der Waals surface area (Å²) < 4.78 is 5.14. The van der Waals surface area contributed by atoms with E-state index in [1.54, 1.807) is 7.11 Å². The Bertz CT molecular complexity index is 376. The van der Waals surface area contributed by atoms with Crippen molar-refractivity contribution in [1.82, 2.24) is 0 Å².